The van der Waals surface area contributed by atoms with Gasteiger partial charge in [-0.2, -0.15) is 0 Å². The molecule has 1 aliphatic heterocycles. The molecule has 1 aliphatic carbocycles. The first kappa shape index (κ1) is 17.4. The Labute approximate surface area is 154 Å². The fourth-order valence-corrected chi connectivity index (χ4v) is 4.35. The van der Waals surface area contributed by atoms with Crippen LogP contribution in [-0.4, -0.2) is 56.1 Å². The molecule has 7 heteroatoms. The smallest absolute Gasteiger partial charge is 0.289 e. The van der Waals surface area contributed by atoms with E-state index in [4.69, 9.17) is 0 Å². The van der Waals surface area contributed by atoms with Gasteiger partial charge in [0.2, 0.25) is 5.82 Å². The fraction of sp³-hybridized carbons (Fsp3) is 0.684. The molecule has 0 bridgehead atoms. The third kappa shape index (κ3) is 3.87. The van der Waals surface area contributed by atoms with Crippen LogP contribution >= 0.6 is 0 Å². The highest BCUT2D eigenvalue weighted by atomic mass is 16.2. The van der Waals surface area contributed by atoms with Crippen molar-refractivity contribution in [2.75, 3.05) is 19.6 Å². The van der Waals surface area contributed by atoms with E-state index in [-0.39, 0.29) is 11.9 Å². The lowest BCUT2D eigenvalue weighted by atomic mass is 9.88. The SMILES string of the molecule is Cc1ccn2c(C(=O)NC3CCCN(CC4CCCCC4)C3)nnc2n1. The van der Waals surface area contributed by atoms with E-state index in [1.165, 1.54) is 38.6 Å². The van der Waals surface area contributed by atoms with E-state index in [9.17, 15) is 4.79 Å². The summed E-state index contributed by atoms with van der Waals surface area (Å²) in [4.78, 5) is 19.5. The van der Waals surface area contributed by atoms with Gasteiger partial charge in [-0.25, -0.2) is 4.98 Å². The van der Waals surface area contributed by atoms with Gasteiger partial charge in [-0.3, -0.25) is 9.20 Å². The summed E-state index contributed by atoms with van der Waals surface area (Å²) in [7, 11) is 0. The third-order valence-electron chi connectivity index (χ3n) is 5.70. The Balaban J connectivity index is 1.37. The number of nitrogens with zero attached hydrogens (tertiary/aromatic N) is 5. The Morgan fingerprint density at radius 1 is 1.19 bits per heavy atom. The van der Waals surface area contributed by atoms with Gasteiger partial charge in [0.25, 0.3) is 11.7 Å². The van der Waals surface area contributed by atoms with E-state index in [0.29, 0.717) is 11.6 Å². The number of rotatable bonds is 4. The van der Waals surface area contributed by atoms with Crippen molar-refractivity contribution in [1.82, 2.24) is 29.8 Å². The molecule has 7 nitrogen and oxygen atoms in total. The lowest BCUT2D eigenvalue weighted by Crippen LogP contribution is -2.49. The van der Waals surface area contributed by atoms with Crippen LogP contribution in [0.3, 0.4) is 0 Å². The summed E-state index contributed by atoms with van der Waals surface area (Å²) in [6, 6.07) is 2.05. The second-order valence-electron chi connectivity index (χ2n) is 7.84. The van der Waals surface area contributed by atoms with Gasteiger partial charge in [-0.15, -0.1) is 10.2 Å². The Morgan fingerprint density at radius 3 is 2.88 bits per heavy atom. The van der Waals surface area contributed by atoms with Crippen LogP contribution in [0.2, 0.25) is 0 Å². The van der Waals surface area contributed by atoms with Crippen LogP contribution < -0.4 is 5.32 Å². The molecule has 1 atom stereocenters. The number of hydrogen-bond acceptors (Lipinski definition) is 5. The Hall–Kier alpha value is -2.02. The van der Waals surface area contributed by atoms with Crippen LogP contribution in [0.4, 0.5) is 0 Å². The van der Waals surface area contributed by atoms with Crippen LogP contribution in [0.25, 0.3) is 5.78 Å². The number of nitrogens with one attached hydrogen (secondary N) is 1. The number of hydrogen-bond donors (Lipinski definition) is 1. The largest absolute Gasteiger partial charge is 0.345 e. The van der Waals surface area contributed by atoms with Crippen molar-refractivity contribution in [1.29, 1.82) is 0 Å². The van der Waals surface area contributed by atoms with Crippen molar-refractivity contribution in [3.05, 3.63) is 23.8 Å². The maximum atomic E-state index is 12.7. The van der Waals surface area contributed by atoms with Crippen molar-refractivity contribution in [2.24, 2.45) is 5.92 Å². The predicted molar refractivity (Wildman–Crippen MR) is 99.0 cm³/mol. The van der Waals surface area contributed by atoms with Gasteiger partial charge in [0.05, 0.1) is 0 Å². The zero-order valence-corrected chi connectivity index (χ0v) is 15.5. The molecule has 1 saturated carbocycles. The molecule has 2 aromatic heterocycles. The average Bonchev–Trinajstić information content (AvgIpc) is 3.06. The molecule has 140 valence electrons. The number of carbonyl (C=O) groups is 1. The molecule has 1 amide bonds. The zero-order valence-electron chi connectivity index (χ0n) is 15.5. The first-order valence-corrected chi connectivity index (χ1v) is 9.90. The maximum Gasteiger partial charge on any atom is 0.289 e. The van der Waals surface area contributed by atoms with E-state index >= 15 is 0 Å². The molecule has 1 saturated heterocycles. The first-order chi connectivity index (χ1) is 12.7. The van der Waals surface area contributed by atoms with Crippen molar-refractivity contribution >= 4 is 11.7 Å². The van der Waals surface area contributed by atoms with E-state index in [1.807, 2.05) is 19.2 Å². The minimum Gasteiger partial charge on any atom is -0.345 e. The van der Waals surface area contributed by atoms with Crippen molar-refractivity contribution < 1.29 is 4.79 Å². The summed E-state index contributed by atoms with van der Waals surface area (Å²) in [5, 5.41) is 11.2. The minimum atomic E-state index is -0.160. The Morgan fingerprint density at radius 2 is 2.04 bits per heavy atom. The third-order valence-corrected chi connectivity index (χ3v) is 5.70. The van der Waals surface area contributed by atoms with Crippen LogP contribution in [0.5, 0.6) is 0 Å². The topological polar surface area (TPSA) is 75.4 Å². The molecule has 1 unspecified atom stereocenters. The van der Waals surface area contributed by atoms with E-state index in [2.05, 4.69) is 25.4 Å². The lowest BCUT2D eigenvalue weighted by Gasteiger charge is -2.36. The molecular weight excluding hydrogens is 328 g/mol. The number of likely N-dealkylation sites (tertiary alicyclic amines) is 1. The molecule has 0 radical (unpaired) electrons. The van der Waals surface area contributed by atoms with Crippen molar-refractivity contribution in [3.63, 3.8) is 0 Å². The molecular formula is C19H28N6O. The van der Waals surface area contributed by atoms with Crippen LogP contribution in [-0.2, 0) is 0 Å². The summed E-state index contributed by atoms with van der Waals surface area (Å²) in [5.41, 5.74) is 0.863. The van der Waals surface area contributed by atoms with Crippen LogP contribution in [0, 0.1) is 12.8 Å². The summed E-state index contributed by atoms with van der Waals surface area (Å²) in [6.07, 6.45) is 10.9. The van der Waals surface area contributed by atoms with Crippen LogP contribution in [0.1, 0.15) is 61.3 Å². The van der Waals surface area contributed by atoms with E-state index in [1.54, 1.807) is 4.40 Å². The molecule has 2 aromatic rings. The van der Waals surface area contributed by atoms with Crippen molar-refractivity contribution in [2.45, 2.75) is 57.9 Å². The number of aromatic nitrogens is 4. The molecule has 3 heterocycles. The molecule has 2 aliphatic rings. The Kier molecular flexibility index (Phi) is 5.15. The Bertz CT molecular complexity index is 766. The second kappa shape index (κ2) is 7.70. The first-order valence-electron chi connectivity index (χ1n) is 9.90. The number of carbonyl (C=O) groups excluding carboxylic acids is 1. The van der Waals surface area contributed by atoms with Gasteiger partial charge in [-0.1, -0.05) is 19.3 Å². The fourth-order valence-electron chi connectivity index (χ4n) is 4.35. The average molecular weight is 356 g/mol. The highest BCUT2D eigenvalue weighted by molar-refractivity contribution is 5.91. The lowest BCUT2D eigenvalue weighted by molar-refractivity contribution is 0.0878. The summed E-state index contributed by atoms with van der Waals surface area (Å²) < 4.78 is 1.66. The van der Waals surface area contributed by atoms with Crippen LogP contribution in [0.15, 0.2) is 12.3 Å². The summed E-state index contributed by atoms with van der Waals surface area (Å²) in [5.74, 6) is 1.47. The van der Waals surface area contributed by atoms with Gasteiger partial charge in [0.15, 0.2) is 0 Å². The van der Waals surface area contributed by atoms with E-state index in [0.717, 1.165) is 37.5 Å². The summed E-state index contributed by atoms with van der Waals surface area (Å²) >= 11 is 0. The zero-order chi connectivity index (χ0) is 17.9. The van der Waals surface area contributed by atoms with Gasteiger partial charge in [0.1, 0.15) is 0 Å². The van der Waals surface area contributed by atoms with Gasteiger partial charge >= 0.3 is 0 Å². The molecule has 26 heavy (non-hydrogen) atoms. The molecule has 4 rings (SSSR count). The standard InChI is InChI=1S/C19H28N6O/c1-14-9-11-25-17(22-23-19(25)20-14)18(26)21-16-8-5-10-24(13-16)12-15-6-3-2-4-7-15/h9,11,15-16H,2-8,10,12-13H2,1H3,(H,21,26). The molecule has 2 fully saturated rings. The molecule has 0 spiro atoms. The minimum absolute atomic E-state index is 0.160. The van der Waals surface area contributed by atoms with Gasteiger partial charge in [0, 0.05) is 31.0 Å². The van der Waals surface area contributed by atoms with Gasteiger partial charge in [-0.05, 0) is 51.1 Å². The van der Waals surface area contributed by atoms with Gasteiger partial charge < -0.3 is 10.2 Å². The molecule has 1 N–H and O–H groups in total. The van der Waals surface area contributed by atoms with E-state index < -0.39 is 0 Å². The number of piperidine rings is 1. The highest BCUT2D eigenvalue weighted by Gasteiger charge is 2.26. The number of fused-ring (bicyclic) bond motifs is 1. The predicted octanol–water partition coefficient (Wildman–Crippen LogP) is 2.21. The molecule has 0 aromatic carbocycles. The number of amides is 1. The quantitative estimate of drug-likeness (QED) is 0.909. The monoisotopic (exact) mass is 356 g/mol. The normalized spacial score (nSPS) is 22.6. The second-order valence-corrected chi connectivity index (χ2v) is 7.84. The maximum absolute atomic E-state index is 12.7. The summed E-state index contributed by atoms with van der Waals surface area (Å²) in [6.45, 7) is 5.18. The highest BCUT2D eigenvalue weighted by Crippen LogP contribution is 2.25. The number of aryl methyl sites for hydroxylation is 1. The van der Waals surface area contributed by atoms with Crippen molar-refractivity contribution in [3.8, 4) is 0 Å².